The Hall–Kier alpha value is -4.24. The number of anilines is 1. The van der Waals surface area contributed by atoms with E-state index in [1.54, 1.807) is 49.6 Å². The van der Waals surface area contributed by atoms with Gasteiger partial charge in [0.15, 0.2) is 16.7 Å². The lowest BCUT2D eigenvalue weighted by molar-refractivity contribution is -0.117. The quantitative estimate of drug-likeness (QED) is 0.372. The van der Waals surface area contributed by atoms with Crippen molar-refractivity contribution < 1.29 is 28.6 Å². The Balaban J connectivity index is 1.68. The summed E-state index contributed by atoms with van der Waals surface area (Å²) in [6.07, 6.45) is 0. The molecule has 0 saturated carbocycles. The van der Waals surface area contributed by atoms with Gasteiger partial charge in [0, 0.05) is 0 Å². The molecular weight excluding hydrogens is 471 g/mol. The van der Waals surface area contributed by atoms with Crippen LogP contribution in [0.25, 0.3) is 10.2 Å². The van der Waals surface area contributed by atoms with Crippen LogP contribution in [0.5, 0.6) is 11.5 Å². The third kappa shape index (κ3) is 3.79. The maximum absolute atomic E-state index is 13.7. The lowest BCUT2D eigenvalue weighted by atomic mass is 9.92. The van der Waals surface area contributed by atoms with E-state index in [4.69, 9.17) is 9.47 Å². The fraction of sp³-hybridized carbons (Fsp3) is 0.115. The van der Waals surface area contributed by atoms with Crippen molar-refractivity contribution in [1.29, 1.82) is 0 Å². The zero-order chi connectivity index (χ0) is 24.7. The zero-order valence-corrected chi connectivity index (χ0v) is 19.5. The molecule has 0 bridgehead atoms. The summed E-state index contributed by atoms with van der Waals surface area (Å²) in [5, 5.41) is 11.2. The van der Waals surface area contributed by atoms with Gasteiger partial charge < -0.3 is 14.6 Å². The number of Topliss-reactive ketones (excluding diaryl/α,β-unsaturated/α-hetero) is 1. The van der Waals surface area contributed by atoms with E-state index in [1.807, 2.05) is 0 Å². The molecule has 35 heavy (non-hydrogen) atoms. The molecule has 0 saturated heterocycles. The number of aromatic nitrogens is 1. The van der Waals surface area contributed by atoms with Crippen LogP contribution in [0.1, 0.15) is 22.0 Å². The van der Waals surface area contributed by atoms with Gasteiger partial charge in [-0.25, -0.2) is 9.37 Å². The lowest BCUT2D eigenvalue weighted by Gasteiger charge is -2.24. The Labute approximate surface area is 203 Å². The fourth-order valence-corrected chi connectivity index (χ4v) is 5.12. The van der Waals surface area contributed by atoms with E-state index in [0.717, 1.165) is 4.70 Å². The molecule has 5 rings (SSSR count). The molecule has 1 aromatic heterocycles. The summed E-state index contributed by atoms with van der Waals surface area (Å²) in [5.74, 6) is -1.58. The minimum Gasteiger partial charge on any atom is -0.503 e. The number of thiazole rings is 1. The van der Waals surface area contributed by atoms with Crippen LogP contribution >= 0.6 is 11.3 Å². The first-order valence-electron chi connectivity index (χ1n) is 10.6. The summed E-state index contributed by atoms with van der Waals surface area (Å²) in [6.45, 7) is 0. The van der Waals surface area contributed by atoms with E-state index in [1.165, 1.54) is 47.6 Å². The van der Waals surface area contributed by atoms with Crippen molar-refractivity contribution in [3.8, 4) is 11.5 Å². The van der Waals surface area contributed by atoms with Gasteiger partial charge in [-0.3, -0.25) is 14.5 Å². The maximum atomic E-state index is 13.7. The second-order valence-electron chi connectivity index (χ2n) is 7.75. The van der Waals surface area contributed by atoms with Gasteiger partial charge in [0.05, 0.1) is 41.6 Å². The number of hydrogen-bond acceptors (Lipinski definition) is 7. The number of benzene rings is 3. The molecule has 1 amide bonds. The van der Waals surface area contributed by atoms with Gasteiger partial charge >= 0.3 is 0 Å². The Kier molecular flexibility index (Phi) is 5.70. The first-order valence-corrected chi connectivity index (χ1v) is 11.4. The lowest BCUT2D eigenvalue weighted by Crippen LogP contribution is -2.31. The number of nitrogens with zero attached hydrogens (tertiary/aromatic N) is 2. The van der Waals surface area contributed by atoms with Crippen LogP contribution in [0.4, 0.5) is 9.52 Å². The Bertz CT molecular complexity index is 1500. The van der Waals surface area contributed by atoms with Gasteiger partial charge in [-0.1, -0.05) is 35.6 Å². The number of methoxy groups -OCH3 is 2. The second kappa shape index (κ2) is 8.84. The molecule has 3 aromatic carbocycles. The smallest absolute Gasteiger partial charge is 0.296 e. The summed E-state index contributed by atoms with van der Waals surface area (Å²) in [7, 11) is 2.98. The monoisotopic (exact) mass is 490 g/mol. The van der Waals surface area contributed by atoms with Crippen LogP contribution in [0.15, 0.2) is 78.1 Å². The number of hydrogen-bond donors (Lipinski definition) is 1. The number of carbonyl (C=O) groups is 2. The van der Waals surface area contributed by atoms with Crippen LogP contribution in [0, 0.1) is 5.82 Å². The number of aliphatic hydroxyl groups excluding tert-OH is 1. The second-order valence-corrected chi connectivity index (χ2v) is 8.76. The first-order chi connectivity index (χ1) is 16.9. The minimum absolute atomic E-state index is 0.136. The Morgan fingerprint density at radius 2 is 1.80 bits per heavy atom. The molecule has 0 aliphatic carbocycles. The van der Waals surface area contributed by atoms with E-state index in [-0.39, 0.29) is 16.3 Å². The summed E-state index contributed by atoms with van der Waals surface area (Å²) >= 11 is 1.21. The number of ketones is 1. The van der Waals surface area contributed by atoms with E-state index in [2.05, 4.69) is 4.98 Å². The number of ether oxygens (including phenoxy) is 2. The molecule has 1 N–H and O–H groups in total. The molecule has 1 unspecified atom stereocenters. The summed E-state index contributed by atoms with van der Waals surface area (Å²) in [4.78, 5) is 32.9. The molecule has 0 fully saturated rings. The molecule has 0 radical (unpaired) electrons. The van der Waals surface area contributed by atoms with Crippen molar-refractivity contribution in [1.82, 2.24) is 4.98 Å². The van der Waals surface area contributed by atoms with Crippen LogP contribution in [-0.4, -0.2) is 36.0 Å². The van der Waals surface area contributed by atoms with Crippen molar-refractivity contribution in [3.63, 3.8) is 0 Å². The van der Waals surface area contributed by atoms with Gasteiger partial charge in [-0.2, -0.15) is 0 Å². The van der Waals surface area contributed by atoms with Crippen molar-refractivity contribution in [2.45, 2.75) is 6.04 Å². The molecule has 0 spiro atoms. The van der Waals surface area contributed by atoms with E-state index < -0.39 is 29.3 Å². The Morgan fingerprint density at radius 1 is 1.06 bits per heavy atom. The number of rotatable bonds is 6. The van der Waals surface area contributed by atoms with Crippen molar-refractivity contribution in [2.24, 2.45) is 0 Å². The molecule has 1 aliphatic heterocycles. The maximum Gasteiger partial charge on any atom is 0.296 e. The number of para-hydroxylation sites is 1. The van der Waals surface area contributed by atoms with Crippen LogP contribution in [0.2, 0.25) is 0 Å². The van der Waals surface area contributed by atoms with Gasteiger partial charge in [0.1, 0.15) is 17.3 Å². The average molecular weight is 491 g/mol. The Morgan fingerprint density at radius 3 is 2.51 bits per heavy atom. The van der Waals surface area contributed by atoms with Crippen molar-refractivity contribution in [2.75, 3.05) is 19.1 Å². The molecule has 7 nitrogen and oxygen atoms in total. The number of halogens is 1. The number of fused-ring (bicyclic) bond motifs is 1. The van der Waals surface area contributed by atoms with Crippen molar-refractivity contribution in [3.05, 3.63) is 95.0 Å². The van der Waals surface area contributed by atoms with Gasteiger partial charge in [-0.15, -0.1) is 0 Å². The molecule has 9 heteroatoms. The fourth-order valence-electron chi connectivity index (χ4n) is 4.10. The number of aliphatic hydroxyl groups is 1. The molecule has 1 atom stereocenters. The van der Waals surface area contributed by atoms with Crippen molar-refractivity contribution >= 4 is 38.4 Å². The molecule has 2 heterocycles. The minimum atomic E-state index is -1.03. The SMILES string of the molecule is COc1ccc2nc(N3C(=O)C(O)=C(C(=O)c4ccccc4OC)C3c3ccc(F)cc3)sc2c1. The first kappa shape index (κ1) is 22.5. The zero-order valence-electron chi connectivity index (χ0n) is 18.7. The standard InChI is InChI=1S/C26H19FN2O5S/c1-33-16-11-12-18-20(13-16)35-26(28-18)29-22(14-7-9-15(27)10-8-14)21(24(31)25(29)32)23(30)17-5-3-4-6-19(17)34-2/h3-13,22,31H,1-2H3. The van der Waals surface area contributed by atoms with E-state index in [0.29, 0.717) is 22.6 Å². The van der Waals surface area contributed by atoms with Crippen LogP contribution < -0.4 is 14.4 Å². The average Bonchev–Trinajstić information content (AvgIpc) is 3.41. The van der Waals surface area contributed by atoms with Crippen LogP contribution in [0.3, 0.4) is 0 Å². The molecular formula is C26H19FN2O5S. The normalized spacial score (nSPS) is 15.7. The largest absolute Gasteiger partial charge is 0.503 e. The molecule has 176 valence electrons. The van der Waals surface area contributed by atoms with E-state index in [9.17, 15) is 19.1 Å². The highest BCUT2D eigenvalue weighted by atomic mass is 32.1. The third-order valence-electron chi connectivity index (χ3n) is 5.78. The highest BCUT2D eigenvalue weighted by Gasteiger charge is 2.46. The topological polar surface area (TPSA) is 89.0 Å². The molecule has 1 aliphatic rings. The van der Waals surface area contributed by atoms with Gasteiger partial charge in [-0.05, 0) is 48.0 Å². The summed E-state index contributed by atoms with van der Waals surface area (Å²) < 4.78 is 25.1. The van der Waals surface area contributed by atoms with Crippen LogP contribution in [-0.2, 0) is 4.79 Å². The predicted molar refractivity (Wildman–Crippen MR) is 130 cm³/mol. The predicted octanol–water partition coefficient (Wildman–Crippen LogP) is 5.24. The molecule has 4 aromatic rings. The van der Waals surface area contributed by atoms with Gasteiger partial charge in [0.25, 0.3) is 5.91 Å². The third-order valence-corrected chi connectivity index (χ3v) is 6.80. The number of amides is 1. The highest BCUT2D eigenvalue weighted by molar-refractivity contribution is 7.22. The van der Waals surface area contributed by atoms with E-state index >= 15 is 0 Å². The highest BCUT2D eigenvalue weighted by Crippen LogP contribution is 2.45. The summed E-state index contributed by atoms with van der Waals surface area (Å²) in [5.41, 5.74) is 1.12. The summed E-state index contributed by atoms with van der Waals surface area (Å²) in [6, 6.07) is 16.3. The van der Waals surface area contributed by atoms with Gasteiger partial charge in [0.2, 0.25) is 0 Å². The number of carbonyl (C=O) groups excluding carboxylic acids is 2.